The summed E-state index contributed by atoms with van der Waals surface area (Å²) in [4.78, 5) is 0. The van der Waals surface area contributed by atoms with Gasteiger partial charge in [-0.1, -0.05) is 44.7 Å². The van der Waals surface area contributed by atoms with Crippen LogP contribution in [0.1, 0.15) is 88.2 Å². The maximum atomic E-state index is 14.4. The van der Waals surface area contributed by atoms with Crippen LogP contribution in [0.2, 0.25) is 0 Å². The number of alkyl halides is 2. The number of hydrogen-bond acceptors (Lipinski definition) is 1. The molecular formula is C28H33F5O. The van der Waals surface area contributed by atoms with Gasteiger partial charge in [0.25, 0.3) is 0 Å². The molecule has 2 saturated carbocycles. The molecule has 2 aliphatic rings. The molecule has 0 atom stereocenters. The van der Waals surface area contributed by atoms with Gasteiger partial charge in [-0.3, -0.25) is 0 Å². The van der Waals surface area contributed by atoms with Crippen LogP contribution in [0.5, 0.6) is 5.75 Å². The van der Waals surface area contributed by atoms with Crippen LogP contribution in [0, 0.1) is 35.2 Å². The van der Waals surface area contributed by atoms with Gasteiger partial charge in [-0.05, 0) is 92.0 Å². The van der Waals surface area contributed by atoms with Crippen LogP contribution in [0.25, 0.3) is 0 Å². The van der Waals surface area contributed by atoms with E-state index >= 15 is 0 Å². The zero-order valence-corrected chi connectivity index (χ0v) is 19.6. The first-order valence-corrected chi connectivity index (χ1v) is 12.6. The third kappa shape index (κ3) is 5.75. The van der Waals surface area contributed by atoms with Gasteiger partial charge < -0.3 is 4.74 Å². The normalized spacial score (nSPS) is 25.8. The lowest BCUT2D eigenvalue weighted by molar-refractivity contribution is -0.185. The highest BCUT2D eigenvalue weighted by Crippen LogP contribution is 2.45. The fraction of sp³-hybridized carbons (Fsp3) is 0.571. The quantitative estimate of drug-likeness (QED) is 0.284. The van der Waals surface area contributed by atoms with E-state index in [-0.39, 0.29) is 17.9 Å². The van der Waals surface area contributed by atoms with Gasteiger partial charge in [-0.25, -0.2) is 13.2 Å². The monoisotopic (exact) mass is 480 g/mol. The lowest BCUT2D eigenvalue weighted by Crippen LogP contribution is -2.25. The fourth-order valence-corrected chi connectivity index (χ4v) is 6.02. The van der Waals surface area contributed by atoms with Gasteiger partial charge in [0.15, 0.2) is 17.5 Å². The van der Waals surface area contributed by atoms with Gasteiger partial charge in [0.05, 0.1) is 5.56 Å². The maximum Gasteiger partial charge on any atom is 0.426 e. The summed E-state index contributed by atoms with van der Waals surface area (Å²) in [5.74, 6) is -2.28. The van der Waals surface area contributed by atoms with Gasteiger partial charge >= 0.3 is 6.11 Å². The topological polar surface area (TPSA) is 9.23 Å². The van der Waals surface area contributed by atoms with Crippen molar-refractivity contribution < 1.29 is 26.7 Å². The van der Waals surface area contributed by atoms with E-state index in [0.29, 0.717) is 5.92 Å². The van der Waals surface area contributed by atoms with E-state index in [9.17, 15) is 22.0 Å². The fourth-order valence-electron chi connectivity index (χ4n) is 6.02. The first-order valence-electron chi connectivity index (χ1n) is 12.6. The minimum Gasteiger partial charge on any atom is -0.429 e. The largest absolute Gasteiger partial charge is 0.429 e. The molecule has 2 aliphatic carbocycles. The first kappa shape index (κ1) is 25.0. The van der Waals surface area contributed by atoms with Gasteiger partial charge in [0.1, 0.15) is 5.75 Å². The second kappa shape index (κ2) is 10.7. The second-order valence-electron chi connectivity index (χ2n) is 10.1. The summed E-state index contributed by atoms with van der Waals surface area (Å²) in [5.41, 5.74) is 0.0228. The Kier molecular flexibility index (Phi) is 7.83. The molecule has 1 nitrogen and oxygen atoms in total. The van der Waals surface area contributed by atoms with Crippen molar-refractivity contribution in [1.82, 2.24) is 0 Å². The summed E-state index contributed by atoms with van der Waals surface area (Å²) >= 11 is 0. The van der Waals surface area contributed by atoms with E-state index in [0.717, 1.165) is 36.2 Å². The van der Waals surface area contributed by atoms with E-state index in [1.54, 1.807) is 12.1 Å². The molecule has 2 fully saturated rings. The number of benzene rings is 2. The molecule has 0 spiro atoms. The molecule has 6 heteroatoms. The summed E-state index contributed by atoms with van der Waals surface area (Å²) in [6.07, 6.45) is 8.76. The molecule has 0 heterocycles. The third-order valence-electron chi connectivity index (χ3n) is 7.94. The Morgan fingerprint density at radius 3 is 1.85 bits per heavy atom. The molecular weight excluding hydrogens is 447 g/mol. The van der Waals surface area contributed by atoms with Crippen LogP contribution in [0.4, 0.5) is 22.0 Å². The number of rotatable bonds is 7. The Morgan fingerprint density at radius 2 is 1.32 bits per heavy atom. The van der Waals surface area contributed by atoms with Crippen LogP contribution in [0.3, 0.4) is 0 Å². The van der Waals surface area contributed by atoms with Crippen LogP contribution >= 0.6 is 0 Å². The highest BCUT2D eigenvalue weighted by atomic mass is 19.3. The van der Waals surface area contributed by atoms with Crippen LogP contribution in [-0.2, 0) is 6.11 Å². The SMILES string of the molecule is CCC[C@H]1CC[C@H](C2CCC(c3ccc(OC(F)(F)c4cc(F)c(F)c(F)c4)cc3)CC2)CC1. The standard InChI is InChI=1S/C28H33F5O/c1-2-3-18-4-6-19(7-5-18)20-8-10-21(11-9-20)22-12-14-24(15-13-22)34-28(32,33)23-16-25(29)27(31)26(30)17-23/h12-21H,2-11H2,1H3/t18-,19-,20?,21?. The minimum atomic E-state index is -3.99. The van der Waals surface area contributed by atoms with E-state index in [1.165, 1.54) is 63.5 Å². The van der Waals surface area contributed by atoms with Crippen LogP contribution in [-0.4, -0.2) is 0 Å². The van der Waals surface area contributed by atoms with Crippen molar-refractivity contribution in [2.24, 2.45) is 17.8 Å². The molecule has 0 aromatic heterocycles. The second-order valence-corrected chi connectivity index (χ2v) is 10.1. The Bertz CT molecular complexity index is 919. The maximum absolute atomic E-state index is 14.4. The highest BCUT2D eigenvalue weighted by Gasteiger charge is 2.37. The van der Waals surface area contributed by atoms with Gasteiger partial charge in [0, 0.05) is 0 Å². The molecule has 34 heavy (non-hydrogen) atoms. The molecule has 2 aromatic carbocycles. The Morgan fingerprint density at radius 1 is 0.794 bits per heavy atom. The average molecular weight is 481 g/mol. The summed E-state index contributed by atoms with van der Waals surface area (Å²) in [7, 11) is 0. The van der Waals surface area contributed by atoms with Gasteiger partial charge in [0.2, 0.25) is 0 Å². The smallest absolute Gasteiger partial charge is 0.426 e. The summed E-state index contributed by atoms with van der Waals surface area (Å²) < 4.78 is 73.3. The summed E-state index contributed by atoms with van der Waals surface area (Å²) in [5, 5.41) is 0. The molecule has 186 valence electrons. The van der Waals surface area contributed by atoms with Gasteiger partial charge in [-0.15, -0.1) is 0 Å². The van der Waals surface area contributed by atoms with E-state index in [1.807, 2.05) is 0 Å². The highest BCUT2D eigenvalue weighted by molar-refractivity contribution is 5.31. The van der Waals surface area contributed by atoms with E-state index in [4.69, 9.17) is 4.74 Å². The molecule has 4 rings (SSSR count). The number of hydrogen-bond donors (Lipinski definition) is 0. The minimum absolute atomic E-state index is 0.114. The van der Waals surface area contributed by atoms with Crippen LogP contribution < -0.4 is 4.74 Å². The Balaban J connectivity index is 1.31. The predicted octanol–water partition coefficient (Wildman–Crippen LogP) is 9.11. The van der Waals surface area contributed by atoms with E-state index < -0.39 is 29.1 Å². The lowest BCUT2D eigenvalue weighted by atomic mass is 9.68. The summed E-state index contributed by atoms with van der Waals surface area (Å²) in [6.45, 7) is 2.27. The molecule has 0 saturated heterocycles. The lowest BCUT2D eigenvalue weighted by Gasteiger charge is -2.38. The summed E-state index contributed by atoms with van der Waals surface area (Å²) in [6, 6.07) is 7.00. The average Bonchev–Trinajstić information content (AvgIpc) is 2.83. The van der Waals surface area contributed by atoms with Crippen molar-refractivity contribution in [3.8, 4) is 5.75 Å². The van der Waals surface area contributed by atoms with Gasteiger partial charge in [-0.2, -0.15) is 8.78 Å². The molecule has 0 bridgehead atoms. The molecule has 0 aliphatic heterocycles. The molecule has 0 amide bonds. The zero-order chi connectivity index (χ0) is 24.3. The van der Waals surface area contributed by atoms with E-state index in [2.05, 4.69) is 6.92 Å². The Labute approximate surface area is 198 Å². The first-order chi connectivity index (χ1) is 16.3. The van der Waals surface area contributed by atoms with Crippen molar-refractivity contribution in [2.75, 3.05) is 0 Å². The zero-order valence-electron chi connectivity index (χ0n) is 19.6. The van der Waals surface area contributed by atoms with Crippen LogP contribution in [0.15, 0.2) is 36.4 Å². The molecule has 0 radical (unpaired) electrons. The molecule has 0 unspecified atom stereocenters. The van der Waals surface area contributed by atoms with Crippen molar-refractivity contribution in [1.29, 1.82) is 0 Å². The molecule has 0 N–H and O–H groups in total. The predicted molar refractivity (Wildman–Crippen MR) is 122 cm³/mol. The van der Waals surface area contributed by atoms with Crippen molar-refractivity contribution in [2.45, 2.75) is 83.2 Å². The third-order valence-corrected chi connectivity index (χ3v) is 7.94. The number of ether oxygens (including phenoxy) is 1. The van der Waals surface area contributed by atoms with Crippen molar-refractivity contribution in [3.63, 3.8) is 0 Å². The van der Waals surface area contributed by atoms with Crippen molar-refractivity contribution in [3.05, 3.63) is 65.0 Å². The van der Waals surface area contributed by atoms with Crippen molar-refractivity contribution >= 4 is 0 Å². The molecule has 2 aromatic rings. The Hall–Kier alpha value is -2.11. The number of halogens is 5.